The predicted molar refractivity (Wildman–Crippen MR) is 98.4 cm³/mol. The van der Waals surface area contributed by atoms with E-state index in [0.29, 0.717) is 16.4 Å². The van der Waals surface area contributed by atoms with Crippen molar-refractivity contribution in [2.45, 2.75) is 26.9 Å². The molecule has 0 aromatic carbocycles. The second-order valence-electron chi connectivity index (χ2n) is 5.83. The molecule has 9 nitrogen and oxygen atoms in total. The van der Waals surface area contributed by atoms with Gasteiger partial charge >= 0.3 is 5.97 Å². The molecule has 10 heteroatoms. The molecule has 144 valence electrons. The molecular formula is C17H20ClN5O4. The number of ether oxygens (including phenoxy) is 1. The maximum Gasteiger partial charge on any atom is 0.326 e. The third kappa shape index (κ3) is 5.27. The Bertz CT molecular complexity index is 880. The van der Waals surface area contributed by atoms with E-state index >= 15 is 0 Å². The maximum absolute atomic E-state index is 12.2. The number of rotatable bonds is 6. The zero-order valence-corrected chi connectivity index (χ0v) is 16.1. The van der Waals surface area contributed by atoms with Crippen LogP contribution in [-0.2, 0) is 21.4 Å². The maximum atomic E-state index is 12.2. The molecule has 0 unspecified atom stereocenters. The van der Waals surface area contributed by atoms with Crippen molar-refractivity contribution >= 4 is 35.1 Å². The first kappa shape index (κ1) is 20.4. The van der Waals surface area contributed by atoms with E-state index < -0.39 is 30.4 Å². The van der Waals surface area contributed by atoms with Gasteiger partial charge in [0.05, 0.1) is 17.1 Å². The highest BCUT2D eigenvalue weighted by atomic mass is 35.5. The van der Waals surface area contributed by atoms with E-state index in [4.69, 9.17) is 16.3 Å². The molecule has 0 saturated carbocycles. The molecule has 2 aromatic rings. The van der Waals surface area contributed by atoms with Gasteiger partial charge in [-0.15, -0.1) is 0 Å². The van der Waals surface area contributed by atoms with Crippen LogP contribution in [0.25, 0.3) is 0 Å². The van der Waals surface area contributed by atoms with Gasteiger partial charge in [-0.1, -0.05) is 11.6 Å². The number of pyridine rings is 1. The van der Waals surface area contributed by atoms with Crippen molar-refractivity contribution < 1.29 is 19.1 Å². The van der Waals surface area contributed by atoms with Crippen LogP contribution in [0.3, 0.4) is 0 Å². The van der Waals surface area contributed by atoms with Crippen LogP contribution < -0.4 is 10.6 Å². The largest absolute Gasteiger partial charge is 0.451 e. The van der Waals surface area contributed by atoms with E-state index in [1.807, 2.05) is 6.92 Å². The van der Waals surface area contributed by atoms with Gasteiger partial charge in [0.25, 0.3) is 11.8 Å². The Hall–Kier alpha value is -2.94. The zero-order valence-electron chi connectivity index (χ0n) is 15.4. The summed E-state index contributed by atoms with van der Waals surface area (Å²) in [6, 6.07) is 2.90. The molecule has 0 aliphatic rings. The first-order valence-electron chi connectivity index (χ1n) is 8.09. The number of carbonyl (C=O) groups excluding carboxylic acids is 3. The van der Waals surface area contributed by atoms with Crippen LogP contribution >= 0.6 is 11.6 Å². The first-order chi connectivity index (χ1) is 12.7. The zero-order chi connectivity index (χ0) is 20.1. The number of hydrogen-bond donors (Lipinski definition) is 2. The van der Waals surface area contributed by atoms with Crippen molar-refractivity contribution in [3.05, 3.63) is 40.4 Å². The van der Waals surface area contributed by atoms with Gasteiger partial charge in [0.2, 0.25) is 0 Å². The van der Waals surface area contributed by atoms with E-state index in [9.17, 15) is 14.4 Å². The van der Waals surface area contributed by atoms with Crippen molar-refractivity contribution in [1.82, 2.24) is 20.1 Å². The summed E-state index contributed by atoms with van der Waals surface area (Å²) in [5.41, 5.74) is 2.08. The number of aryl methyl sites for hydroxylation is 2. The quantitative estimate of drug-likeness (QED) is 0.716. The molecule has 2 amide bonds. The molecule has 2 aromatic heterocycles. The van der Waals surface area contributed by atoms with Crippen LogP contribution in [0.4, 0.5) is 5.69 Å². The lowest BCUT2D eigenvalue weighted by molar-refractivity contribution is -0.152. The lowest BCUT2D eigenvalue weighted by Gasteiger charge is -2.14. The fraction of sp³-hybridized carbons (Fsp3) is 0.353. The number of aromatic nitrogens is 3. The highest BCUT2D eigenvalue weighted by Crippen LogP contribution is 2.18. The molecule has 0 aliphatic heterocycles. The number of anilines is 1. The number of carbonyl (C=O) groups is 3. The van der Waals surface area contributed by atoms with Crippen LogP contribution in [0.2, 0.25) is 5.02 Å². The number of nitrogens with one attached hydrogen (secondary N) is 2. The molecule has 0 fully saturated rings. The molecule has 2 heterocycles. The van der Waals surface area contributed by atoms with Crippen molar-refractivity contribution in [3.63, 3.8) is 0 Å². The molecule has 0 saturated heterocycles. The summed E-state index contributed by atoms with van der Waals surface area (Å²) >= 11 is 5.78. The third-order valence-electron chi connectivity index (χ3n) is 3.78. The van der Waals surface area contributed by atoms with Gasteiger partial charge in [-0.2, -0.15) is 5.10 Å². The standard InChI is InChI=1S/C17H20ClN5O4/c1-9-15(10(2)23(4)22-9)21-16(25)11(3)27-14(24)8-20-17(26)13-7-12(18)5-6-19-13/h5-7,11H,8H2,1-4H3,(H,20,26)(H,21,25)/t11-/m1/s1. The Morgan fingerprint density at radius 2 is 2.04 bits per heavy atom. The van der Waals surface area contributed by atoms with Crippen molar-refractivity contribution in [2.24, 2.45) is 7.05 Å². The Balaban J connectivity index is 1.85. The smallest absolute Gasteiger partial charge is 0.326 e. The van der Waals surface area contributed by atoms with Crippen LogP contribution in [0, 0.1) is 13.8 Å². The number of amides is 2. The molecule has 0 bridgehead atoms. The highest BCUT2D eigenvalue weighted by molar-refractivity contribution is 6.30. The Morgan fingerprint density at radius 1 is 1.33 bits per heavy atom. The van der Waals surface area contributed by atoms with Crippen LogP contribution in [0.5, 0.6) is 0 Å². The minimum atomic E-state index is -1.04. The topological polar surface area (TPSA) is 115 Å². The summed E-state index contributed by atoms with van der Waals surface area (Å²) in [6.07, 6.45) is 0.336. The third-order valence-corrected chi connectivity index (χ3v) is 4.02. The number of halogens is 1. The molecule has 0 aliphatic carbocycles. The van der Waals surface area contributed by atoms with Crippen molar-refractivity contribution in [1.29, 1.82) is 0 Å². The summed E-state index contributed by atoms with van der Waals surface area (Å²) in [6.45, 7) is 4.61. The highest BCUT2D eigenvalue weighted by Gasteiger charge is 2.21. The fourth-order valence-corrected chi connectivity index (χ4v) is 2.40. The van der Waals surface area contributed by atoms with Crippen LogP contribution in [0.15, 0.2) is 18.3 Å². The SMILES string of the molecule is Cc1nn(C)c(C)c1NC(=O)[C@@H](C)OC(=O)CNC(=O)c1cc(Cl)ccn1. The second kappa shape index (κ2) is 8.63. The molecule has 27 heavy (non-hydrogen) atoms. The van der Waals surface area contributed by atoms with E-state index in [0.717, 1.165) is 5.69 Å². The molecular weight excluding hydrogens is 374 g/mol. The van der Waals surface area contributed by atoms with Crippen molar-refractivity contribution in [3.8, 4) is 0 Å². The summed E-state index contributed by atoms with van der Waals surface area (Å²) in [7, 11) is 1.76. The molecule has 2 rings (SSSR count). The summed E-state index contributed by atoms with van der Waals surface area (Å²) < 4.78 is 6.68. The monoisotopic (exact) mass is 393 g/mol. The van der Waals surface area contributed by atoms with Gasteiger partial charge in [-0.3, -0.25) is 24.0 Å². The van der Waals surface area contributed by atoms with Crippen LogP contribution in [-0.4, -0.2) is 45.2 Å². The van der Waals surface area contributed by atoms with E-state index in [-0.39, 0.29) is 5.69 Å². The van der Waals surface area contributed by atoms with Gasteiger partial charge in [0.1, 0.15) is 12.2 Å². The molecule has 2 N–H and O–H groups in total. The lowest BCUT2D eigenvalue weighted by Crippen LogP contribution is -2.36. The minimum absolute atomic E-state index is 0.0728. The summed E-state index contributed by atoms with van der Waals surface area (Å²) in [5, 5.41) is 9.60. The minimum Gasteiger partial charge on any atom is -0.451 e. The molecule has 1 atom stereocenters. The van der Waals surface area contributed by atoms with Gasteiger partial charge in [0, 0.05) is 18.3 Å². The van der Waals surface area contributed by atoms with E-state index in [1.54, 1.807) is 18.7 Å². The second-order valence-corrected chi connectivity index (χ2v) is 6.27. The normalized spacial score (nSPS) is 11.6. The number of hydrogen-bond acceptors (Lipinski definition) is 6. The number of esters is 1. The average molecular weight is 394 g/mol. The molecule has 0 spiro atoms. The number of nitrogens with zero attached hydrogens (tertiary/aromatic N) is 3. The van der Waals surface area contributed by atoms with Crippen molar-refractivity contribution in [2.75, 3.05) is 11.9 Å². The summed E-state index contributed by atoms with van der Waals surface area (Å²) in [4.78, 5) is 39.9. The average Bonchev–Trinajstić information content (AvgIpc) is 2.85. The summed E-state index contributed by atoms with van der Waals surface area (Å²) in [5.74, 6) is -1.83. The fourth-order valence-electron chi connectivity index (χ4n) is 2.24. The van der Waals surface area contributed by atoms with Gasteiger partial charge < -0.3 is 15.4 Å². The van der Waals surface area contributed by atoms with E-state index in [2.05, 4.69) is 20.7 Å². The molecule has 0 radical (unpaired) electrons. The van der Waals surface area contributed by atoms with Gasteiger partial charge in [-0.05, 0) is 32.9 Å². The predicted octanol–water partition coefficient (Wildman–Crippen LogP) is 1.39. The lowest BCUT2D eigenvalue weighted by atomic mass is 10.3. The van der Waals surface area contributed by atoms with Gasteiger partial charge in [0.15, 0.2) is 6.10 Å². The van der Waals surface area contributed by atoms with Crippen LogP contribution in [0.1, 0.15) is 28.8 Å². The Morgan fingerprint density at radius 3 is 2.63 bits per heavy atom. The van der Waals surface area contributed by atoms with Gasteiger partial charge in [-0.25, -0.2) is 0 Å². The van der Waals surface area contributed by atoms with E-state index in [1.165, 1.54) is 25.3 Å². The first-order valence-corrected chi connectivity index (χ1v) is 8.47. The Kier molecular flexibility index (Phi) is 6.51. The Labute approximate surface area is 161 Å².